The summed E-state index contributed by atoms with van der Waals surface area (Å²) >= 11 is 0. The Kier molecular flexibility index (Phi) is 3.41. The van der Waals surface area contributed by atoms with Gasteiger partial charge >= 0.3 is 0 Å². The number of carbonyl (C=O) groups excluding carboxylic acids is 2. The lowest BCUT2D eigenvalue weighted by atomic mass is 9.81. The summed E-state index contributed by atoms with van der Waals surface area (Å²) in [4.78, 5) is 29.0. The molecule has 5 nitrogen and oxygen atoms in total. The summed E-state index contributed by atoms with van der Waals surface area (Å²) in [5.41, 5.74) is 1.53. The molecule has 2 fully saturated rings. The van der Waals surface area contributed by atoms with Gasteiger partial charge < -0.3 is 14.9 Å². The van der Waals surface area contributed by atoms with E-state index in [-0.39, 0.29) is 24.8 Å². The monoisotopic (exact) mass is 314 g/mol. The van der Waals surface area contributed by atoms with Gasteiger partial charge in [0.05, 0.1) is 12.0 Å². The number of anilines is 1. The summed E-state index contributed by atoms with van der Waals surface area (Å²) in [6.07, 6.45) is 3.24. The Morgan fingerprint density at radius 1 is 1.30 bits per heavy atom. The van der Waals surface area contributed by atoms with Crippen molar-refractivity contribution in [2.45, 2.75) is 31.1 Å². The second kappa shape index (κ2) is 5.34. The highest BCUT2D eigenvalue weighted by atomic mass is 16.3. The Labute approximate surface area is 135 Å². The number of benzene rings is 1. The number of hydrogen-bond donors (Lipinski definition) is 1. The molecular formula is C18H22N2O3. The molecule has 0 unspecified atom stereocenters. The van der Waals surface area contributed by atoms with Crippen molar-refractivity contribution in [1.29, 1.82) is 0 Å². The lowest BCUT2D eigenvalue weighted by Gasteiger charge is -2.24. The molecule has 2 heterocycles. The molecular weight excluding hydrogens is 292 g/mol. The number of likely N-dealkylation sites (tertiary alicyclic amines) is 1. The molecule has 2 aliphatic heterocycles. The molecule has 1 aromatic rings. The van der Waals surface area contributed by atoms with Gasteiger partial charge in [0.25, 0.3) is 0 Å². The van der Waals surface area contributed by atoms with E-state index in [4.69, 9.17) is 5.11 Å². The molecule has 1 atom stereocenters. The van der Waals surface area contributed by atoms with E-state index >= 15 is 0 Å². The average Bonchev–Trinajstić information content (AvgIpc) is 3.22. The van der Waals surface area contributed by atoms with E-state index in [1.807, 2.05) is 29.2 Å². The zero-order chi connectivity index (χ0) is 16.0. The molecule has 0 aromatic heterocycles. The first-order valence-electron chi connectivity index (χ1n) is 8.46. The molecule has 1 saturated heterocycles. The molecule has 1 aliphatic carbocycles. The zero-order valence-corrected chi connectivity index (χ0v) is 13.2. The Balaban J connectivity index is 1.66. The fourth-order valence-corrected chi connectivity index (χ4v) is 4.01. The summed E-state index contributed by atoms with van der Waals surface area (Å²) in [6, 6.07) is 8.03. The number of aliphatic hydroxyl groups is 1. The van der Waals surface area contributed by atoms with Gasteiger partial charge in [0.1, 0.15) is 0 Å². The van der Waals surface area contributed by atoms with Gasteiger partial charge in [-0.15, -0.1) is 0 Å². The van der Waals surface area contributed by atoms with Crippen LogP contribution in [0.2, 0.25) is 0 Å². The minimum Gasteiger partial charge on any atom is -0.396 e. The molecule has 23 heavy (non-hydrogen) atoms. The SMILES string of the molecule is O=C(CCO)N1CC[C@]2(C1)C(=O)N(CC1CC1)c1ccccc12. The van der Waals surface area contributed by atoms with Gasteiger partial charge in [-0.05, 0) is 36.8 Å². The van der Waals surface area contributed by atoms with Crippen LogP contribution < -0.4 is 4.90 Å². The molecule has 0 bridgehead atoms. The van der Waals surface area contributed by atoms with Crippen molar-refractivity contribution in [3.05, 3.63) is 29.8 Å². The number of aliphatic hydroxyl groups excluding tert-OH is 1. The van der Waals surface area contributed by atoms with Crippen LogP contribution in [0, 0.1) is 5.92 Å². The number of nitrogens with zero attached hydrogens (tertiary/aromatic N) is 2. The molecule has 4 rings (SSSR count). The molecule has 1 aromatic carbocycles. The van der Waals surface area contributed by atoms with Crippen LogP contribution in [0.25, 0.3) is 0 Å². The van der Waals surface area contributed by atoms with Crippen molar-refractivity contribution in [2.24, 2.45) is 5.92 Å². The van der Waals surface area contributed by atoms with E-state index in [1.54, 1.807) is 4.90 Å². The Hall–Kier alpha value is -1.88. The average molecular weight is 314 g/mol. The Morgan fingerprint density at radius 2 is 2.09 bits per heavy atom. The molecule has 1 saturated carbocycles. The maximum absolute atomic E-state index is 13.2. The van der Waals surface area contributed by atoms with Crippen LogP contribution in [-0.4, -0.2) is 48.1 Å². The topological polar surface area (TPSA) is 60.9 Å². The normalized spacial score (nSPS) is 26.2. The van der Waals surface area contributed by atoms with Crippen LogP contribution in [0.3, 0.4) is 0 Å². The highest BCUT2D eigenvalue weighted by Gasteiger charge is 2.55. The van der Waals surface area contributed by atoms with Crippen molar-refractivity contribution in [3.63, 3.8) is 0 Å². The Bertz CT molecular complexity index is 655. The minimum atomic E-state index is -0.573. The number of carbonyl (C=O) groups is 2. The van der Waals surface area contributed by atoms with E-state index in [2.05, 4.69) is 0 Å². The maximum atomic E-state index is 13.2. The lowest BCUT2D eigenvalue weighted by molar-refractivity contribution is -0.131. The van der Waals surface area contributed by atoms with Crippen LogP contribution >= 0.6 is 0 Å². The molecule has 2 amide bonds. The fraction of sp³-hybridized carbons (Fsp3) is 0.556. The predicted octanol–water partition coefficient (Wildman–Crippen LogP) is 1.30. The summed E-state index contributed by atoms with van der Waals surface area (Å²) in [5, 5.41) is 8.99. The summed E-state index contributed by atoms with van der Waals surface area (Å²) in [5.74, 6) is 0.732. The van der Waals surface area contributed by atoms with Gasteiger partial charge in [-0.25, -0.2) is 0 Å². The van der Waals surface area contributed by atoms with Gasteiger partial charge in [-0.3, -0.25) is 9.59 Å². The van der Waals surface area contributed by atoms with E-state index in [1.165, 1.54) is 12.8 Å². The first-order chi connectivity index (χ1) is 11.2. The van der Waals surface area contributed by atoms with E-state index < -0.39 is 5.41 Å². The highest BCUT2D eigenvalue weighted by molar-refractivity contribution is 6.09. The van der Waals surface area contributed by atoms with Gasteiger partial charge in [0.2, 0.25) is 11.8 Å². The first-order valence-corrected chi connectivity index (χ1v) is 8.46. The van der Waals surface area contributed by atoms with Crippen molar-refractivity contribution in [1.82, 2.24) is 4.90 Å². The molecule has 5 heteroatoms. The van der Waals surface area contributed by atoms with E-state index in [9.17, 15) is 9.59 Å². The van der Waals surface area contributed by atoms with Gasteiger partial charge in [-0.2, -0.15) is 0 Å². The van der Waals surface area contributed by atoms with Gasteiger partial charge in [0, 0.05) is 31.7 Å². The molecule has 0 radical (unpaired) electrons. The third-order valence-electron chi connectivity index (χ3n) is 5.45. The zero-order valence-electron chi connectivity index (χ0n) is 13.2. The van der Waals surface area contributed by atoms with Crippen LogP contribution in [0.5, 0.6) is 0 Å². The molecule has 122 valence electrons. The predicted molar refractivity (Wildman–Crippen MR) is 86.1 cm³/mol. The number of hydrogen-bond acceptors (Lipinski definition) is 3. The van der Waals surface area contributed by atoms with Crippen molar-refractivity contribution >= 4 is 17.5 Å². The lowest BCUT2D eigenvalue weighted by Crippen LogP contribution is -2.44. The number of fused-ring (bicyclic) bond motifs is 2. The second-order valence-corrected chi connectivity index (χ2v) is 7.00. The number of amides is 2. The molecule has 3 aliphatic rings. The van der Waals surface area contributed by atoms with Crippen LogP contribution in [-0.2, 0) is 15.0 Å². The van der Waals surface area contributed by atoms with Crippen molar-refractivity contribution < 1.29 is 14.7 Å². The van der Waals surface area contributed by atoms with Crippen LogP contribution in [0.4, 0.5) is 5.69 Å². The quantitative estimate of drug-likeness (QED) is 0.911. The standard InChI is InChI=1S/C18H22N2O3/c21-10-7-16(22)19-9-8-18(12-19)14-3-1-2-4-15(14)20(17(18)23)11-13-5-6-13/h1-4,13,21H,5-12H2/t18-/m1/s1. The number of rotatable bonds is 4. The third kappa shape index (κ3) is 2.26. The minimum absolute atomic E-state index is 0.0599. The third-order valence-corrected chi connectivity index (χ3v) is 5.45. The van der Waals surface area contributed by atoms with Crippen LogP contribution in [0.1, 0.15) is 31.2 Å². The van der Waals surface area contributed by atoms with E-state index in [0.29, 0.717) is 25.4 Å². The van der Waals surface area contributed by atoms with Gasteiger partial charge in [-0.1, -0.05) is 18.2 Å². The smallest absolute Gasteiger partial charge is 0.239 e. The van der Waals surface area contributed by atoms with Crippen LogP contribution in [0.15, 0.2) is 24.3 Å². The molecule has 1 spiro atoms. The second-order valence-electron chi connectivity index (χ2n) is 7.00. The van der Waals surface area contributed by atoms with Crippen molar-refractivity contribution in [3.8, 4) is 0 Å². The summed E-state index contributed by atoms with van der Waals surface area (Å²) in [6.45, 7) is 1.71. The number of para-hydroxylation sites is 1. The van der Waals surface area contributed by atoms with E-state index in [0.717, 1.165) is 17.8 Å². The highest BCUT2D eigenvalue weighted by Crippen LogP contribution is 2.48. The molecule has 1 N–H and O–H groups in total. The maximum Gasteiger partial charge on any atom is 0.239 e. The first kappa shape index (κ1) is 14.7. The Morgan fingerprint density at radius 3 is 2.83 bits per heavy atom. The largest absolute Gasteiger partial charge is 0.396 e. The fourth-order valence-electron chi connectivity index (χ4n) is 4.01. The summed E-state index contributed by atoms with van der Waals surface area (Å²) in [7, 11) is 0. The van der Waals surface area contributed by atoms with Gasteiger partial charge in [0.15, 0.2) is 0 Å². The van der Waals surface area contributed by atoms with Crippen molar-refractivity contribution in [2.75, 3.05) is 31.1 Å². The summed E-state index contributed by atoms with van der Waals surface area (Å²) < 4.78 is 0.